The number of sulfonamides is 1. The van der Waals surface area contributed by atoms with E-state index >= 15 is 0 Å². The van der Waals surface area contributed by atoms with Crippen molar-refractivity contribution >= 4 is 32.3 Å². The number of carbonyl (C=O) groups excluding carboxylic acids is 1. The summed E-state index contributed by atoms with van der Waals surface area (Å²) in [6.07, 6.45) is 4.21. The molecular weight excluding hydrogens is 310 g/mol. The van der Waals surface area contributed by atoms with E-state index in [-0.39, 0.29) is 5.78 Å². The van der Waals surface area contributed by atoms with Crippen molar-refractivity contribution in [2.75, 3.05) is 10.8 Å². The van der Waals surface area contributed by atoms with Crippen molar-refractivity contribution in [2.45, 2.75) is 43.9 Å². The van der Waals surface area contributed by atoms with Gasteiger partial charge in [-0.1, -0.05) is 37.1 Å². The number of Topliss-reactive ketones (excluding diaryl/α,β-unsaturated/α-hetero) is 1. The van der Waals surface area contributed by atoms with Gasteiger partial charge in [-0.05, 0) is 37.3 Å². The molecule has 0 aromatic heterocycles. The van der Waals surface area contributed by atoms with Gasteiger partial charge in [-0.25, -0.2) is 8.42 Å². The molecule has 0 N–H and O–H groups in total. The molecule has 3 rings (SSSR count). The van der Waals surface area contributed by atoms with Crippen LogP contribution in [0.5, 0.6) is 0 Å². The van der Waals surface area contributed by atoms with Crippen molar-refractivity contribution in [2.24, 2.45) is 0 Å². The van der Waals surface area contributed by atoms with Crippen molar-refractivity contribution < 1.29 is 13.2 Å². The van der Waals surface area contributed by atoms with Gasteiger partial charge in [0.25, 0.3) is 10.0 Å². The number of ketones is 1. The lowest BCUT2D eigenvalue weighted by Gasteiger charge is -2.18. The highest BCUT2D eigenvalue weighted by molar-refractivity contribution is 7.93. The Balaban J connectivity index is 1.72. The first-order chi connectivity index (χ1) is 11.0. The molecule has 0 fully saturated rings. The zero-order valence-corrected chi connectivity index (χ0v) is 14.1. The van der Waals surface area contributed by atoms with Crippen molar-refractivity contribution in [3.63, 3.8) is 0 Å². The number of hydrogen-bond acceptors (Lipinski definition) is 3. The Labute approximate surface area is 137 Å². The summed E-state index contributed by atoms with van der Waals surface area (Å²) >= 11 is 0. The Morgan fingerprint density at radius 1 is 1.00 bits per heavy atom. The lowest BCUT2D eigenvalue weighted by Crippen LogP contribution is -2.28. The third-order valence-electron chi connectivity index (χ3n) is 4.32. The Morgan fingerprint density at radius 2 is 1.70 bits per heavy atom. The Morgan fingerprint density at radius 3 is 2.43 bits per heavy atom. The monoisotopic (exact) mass is 331 g/mol. The first-order valence-electron chi connectivity index (χ1n) is 8.06. The average molecular weight is 331 g/mol. The van der Waals surface area contributed by atoms with Crippen molar-refractivity contribution in [3.8, 4) is 0 Å². The van der Waals surface area contributed by atoms with Crippen molar-refractivity contribution in [3.05, 3.63) is 36.4 Å². The maximum Gasteiger partial charge on any atom is 0.265 e. The summed E-state index contributed by atoms with van der Waals surface area (Å²) in [5.41, 5.74) is 0.793. The summed E-state index contributed by atoms with van der Waals surface area (Å²) in [4.78, 5) is 11.3. The standard InChI is InChI=1S/C18H21NO3S/c1-14(20)8-4-2-3-5-13-19-16-11-6-9-15-10-7-12-17(18(15)16)23(19,21)22/h6-7,9-12H,2-5,8,13H2,1H3. The molecule has 0 unspecified atom stereocenters. The number of anilines is 1. The first kappa shape index (κ1) is 16.0. The van der Waals surface area contributed by atoms with Crippen LogP contribution in [0.1, 0.15) is 39.0 Å². The van der Waals surface area contributed by atoms with Crippen molar-refractivity contribution in [1.82, 2.24) is 0 Å². The van der Waals surface area contributed by atoms with Gasteiger partial charge in [0.05, 0.1) is 10.6 Å². The molecule has 0 saturated carbocycles. The fourth-order valence-corrected chi connectivity index (χ4v) is 4.93. The number of nitrogens with zero attached hydrogens (tertiary/aromatic N) is 1. The Bertz CT molecular complexity index is 837. The minimum Gasteiger partial charge on any atom is -0.300 e. The van der Waals surface area contributed by atoms with E-state index < -0.39 is 10.0 Å². The minimum atomic E-state index is -3.43. The fraction of sp³-hybridized carbons (Fsp3) is 0.389. The molecule has 23 heavy (non-hydrogen) atoms. The second-order valence-corrected chi connectivity index (χ2v) is 7.91. The van der Waals surface area contributed by atoms with Crippen LogP contribution in [0.4, 0.5) is 5.69 Å². The summed E-state index contributed by atoms with van der Waals surface area (Å²) in [5.74, 6) is 0.217. The van der Waals surface area contributed by atoms with Gasteiger partial charge in [-0.2, -0.15) is 0 Å². The molecule has 0 atom stereocenters. The molecule has 4 nitrogen and oxygen atoms in total. The smallest absolute Gasteiger partial charge is 0.265 e. The highest BCUT2D eigenvalue weighted by Gasteiger charge is 2.34. The van der Waals surface area contributed by atoms with Crippen LogP contribution < -0.4 is 4.31 Å². The Kier molecular flexibility index (Phi) is 4.39. The maximum atomic E-state index is 12.8. The number of rotatable bonds is 7. The maximum absolute atomic E-state index is 12.8. The number of hydrogen-bond donors (Lipinski definition) is 0. The molecule has 2 aromatic carbocycles. The first-order valence-corrected chi connectivity index (χ1v) is 9.50. The van der Waals surface area contributed by atoms with E-state index in [1.165, 1.54) is 4.31 Å². The highest BCUT2D eigenvalue weighted by Crippen LogP contribution is 2.41. The van der Waals surface area contributed by atoms with Gasteiger partial charge in [0, 0.05) is 18.4 Å². The van der Waals surface area contributed by atoms with Crippen LogP contribution in [-0.4, -0.2) is 20.7 Å². The van der Waals surface area contributed by atoms with Crippen LogP contribution in [0.2, 0.25) is 0 Å². The normalized spacial score (nSPS) is 15.3. The number of unbranched alkanes of at least 4 members (excludes halogenated alkanes) is 3. The second-order valence-electron chi connectivity index (χ2n) is 6.07. The van der Waals surface area contributed by atoms with Crippen LogP contribution >= 0.6 is 0 Å². The lowest BCUT2D eigenvalue weighted by molar-refractivity contribution is -0.117. The van der Waals surface area contributed by atoms with E-state index in [4.69, 9.17) is 0 Å². The molecular formula is C18H21NO3S. The summed E-state index contributed by atoms with van der Waals surface area (Å²) < 4.78 is 27.0. The third-order valence-corrected chi connectivity index (χ3v) is 6.18. The molecule has 0 radical (unpaired) electrons. The Hall–Kier alpha value is -1.88. The van der Waals surface area contributed by atoms with Gasteiger partial charge in [-0.3, -0.25) is 4.31 Å². The van der Waals surface area contributed by atoms with Crippen LogP contribution in [0, 0.1) is 0 Å². The van der Waals surface area contributed by atoms with Gasteiger partial charge >= 0.3 is 0 Å². The number of carbonyl (C=O) groups is 1. The van der Waals surface area contributed by atoms with E-state index in [0.29, 0.717) is 17.9 Å². The summed E-state index contributed by atoms with van der Waals surface area (Å²) in [5, 5.41) is 1.80. The van der Waals surface area contributed by atoms with Crippen LogP contribution in [0.25, 0.3) is 10.8 Å². The molecule has 0 saturated heterocycles. The minimum absolute atomic E-state index is 0.217. The summed E-state index contributed by atoms with van der Waals surface area (Å²) in [6.45, 7) is 2.10. The van der Waals surface area contributed by atoms with E-state index in [9.17, 15) is 13.2 Å². The molecule has 5 heteroatoms. The number of benzene rings is 2. The second kappa shape index (κ2) is 6.32. The van der Waals surface area contributed by atoms with E-state index in [1.54, 1.807) is 19.1 Å². The third kappa shape index (κ3) is 2.98. The van der Waals surface area contributed by atoms with Crippen molar-refractivity contribution in [1.29, 1.82) is 0 Å². The largest absolute Gasteiger partial charge is 0.300 e. The van der Waals surface area contributed by atoms with E-state index in [1.807, 2.05) is 24.3 Å². The van der Waals surface area contributed by atoms with E-state index in [2.05, 4.69) is 0 Å². The topological polar surface area (TPSA) is 54.5 Å². The predicted octanol–water partition coefficient (Wildman–Crippen LogP) is 3.89. The molecule has 1 aliphatic heterocycles. The van der Waals surface area contributed by atoms with Gasteiger partial charge in [0.2, 0.25) is 0 Å². The fourth-order valence-electron chi connectivity index (χ4n) is 3.18. The lowest BCUT2D eigenvalue weighted by atomic mass is 10.1. The molecule has 0 amide bonds. The summed E-state index contributed by atoms with van der Waals surface area (Å²) in [7, 11) is -3.43. The highest BCUT2D eigenvalue weighted by atomic mass is 32.2. The molecule has 1 aliphatic rings. The van der Waals surface area contributed by atoms with Gasteiger partial charge in [0.15, 0.2) is 0 Å². The summed E-state index contributed by atoms with van der Waals surface area (Å²) in [6, 6.07) is 11.2. The SMILES string of the molecule is CC(=O)CCCCCCN1c2cccc3cccc(c23)S1(=O)=O. The average Bonchev–Trinajstić information content (AvgIpc) is 2.73. The van der Waals surface area contributed by atoms with Crippen LogP contribution in [0.15, 0.2) is 41.3 Å². The van der Waals surface area contributed by atoms with Gasteiger partial charge < -0.3 is 4.79 Å². The zero-order chi connectivity index (χ0) is 16.4. The molecule has 1 heterocycles. The predicted molar refractivity (Wildman–Crippen MR) is 92.2 cm³/mol. The van der Waals surface area contributed by atoms with Crippen LogP contribution in [0.3, 0.4) is 0 Å². The van der Waals surface area contributed by atoms with E-state index in [0.717, 1.165) is 42.1 Å². The molecule has 0 bridgehead atoms. The van der Waals surface area contributed by atoms with Gasteiger partial charge in [0.1, 0.15) is 5.78 Å². The quantitative estimate of drug-likeness (QED) is 0.723. The molecule has 122 valence electrons. The zero-order valence-electron chi connectivity index (χ0n) is 13.3. The molecule has 0 aliphatic carbocycles. The molecule has 0 spiro atoms. The molecule has 2 aromatic rings. The van der Waals surface area contributed by atoms with Crippen LogP contribution in [-0.2, 0) is 14.8 Å². The van der Waals surface area contributed by atoms with Gasteiger partial charge in [-0.15, -0.1) is 0 Å².